The van der Waals surface area contributed by atoms with Gasteiger partial charge in [0.1, 0.15) is 19.0 Å². The summed E-state index contributed by atoms with van der Waals surface area (Å²) < 4.78 is 56.4. The largest absolute Gasteiger partial charge is 0.487 e. The second-order valence-electron chi connectivity index (χ2n) is 4.88. The molecule has 0 heterocycles. The zero-order valence-corrected chi connectivity index (χ0v) is 13.2. The number of ether oxygens (including phenoxy) is 3. The van der Waals surface area contributed by atoms with Gasteiger partial charge in [0, 0.05) is 6.61 Å². The Hall–Kier alpha value is -2.41. The number of nitrogens with two attached hydrogens (primary N) is 1. The number of hydrogen-bond donors (Lipinski definition) is 1. The summed E-state index contributed by atoms with van der Waals surface area (Å²) in [6.07, 6.45) is 0. The maximum atomic E-state index is 14.0. The maximum Gasteiger partial charge on any atom is 0.204 e. The van der Waals surface area contributed by atoms with Crippen LogP contribution in [0.4, 0.5) is 18.9 Å². The number of nitrogen functional groups attached to an aromatic ring is 1. The van der Waals surface area contributed by atoms with Crippen LogP contribution in [-0.2, 0) is 11.3 Å². The second-order valence-corrected chi connectivity index (χ2v) is 4.88. The van der Waals surface area contributed by atoms with Gasteiger partial charge in [-0.3, -0.25) is 0 Å². The molecule has 0 radical (unpaired) electrons. The first kappa shape index (κ1) is 17.9. The van der Waals surface area contributed by atoms with Crippen molar-refractivity contribution in [2.75, 3.05) is 25.6 Å². The van der Waals surface area contributed by atoms with E-state index in [-0.39, 0.29) is 30.4 Å². The van der Waals surface area contributed by atoms with Crippen LogP contribution >= 0.6 is 0 Å². The van der Waals surface area contributed by atoms with Gasteiger partial charge in [0.25, 0.3) is 0 Å². The normalized spacial score (nSPS) is 10.7. The van der Waals surface area contributed by atoms with E-state index in [9.17, 15) is 13.2 Å². The van der Waals surface area contributed by atoms with Crippen LogP contribution in [0.2, 0.25) is 0 Å². The first-order valence-electron chi connectivity index (χ1n) is 7.38. The van der Waals surface area contributed by atoms with Crippen LogP contribution in [0.15, 0.2) is 30.3 Å². The van der Waals surface area contributed by atoms with Crippen molar-refractivity contribution in [1.82, 2.24) is 0 Å². The molecule has 130 valence electrons. The average Bonchev–Trinajstić information content (AvgIpc) is 2.57. The number of halogens is 3. The van der Waals surface area contributed by atoms with Crippen molar-refractivity contribution >= 4 is 5.69 Å². The highest BCUT2D eigenvalue weighted by Crippen LogP contribution is 2.32. The fourth-order valence-electron chi connectivity index (χ4n) is 1.96. The highest BCUT2D eigenvalue weighted by atomic mass is 19.2. The molecule has 0 amide bonds. The summed E-state index contributed by atoms with van der Waals surface area (Å²) in [5, 5.41) is 0. The van der Waals surface area contributed by atoms with E-state index in [1.165, 1.54) is 24.3 Å². The third-order valence-electron chi connectivity index (χ3n) is 3.15. The van der Waals surface area contributed by atoms with E-state index in [0.29, 0.717) is 18.8 Å². The van der Waals surface area contributed by atoms with Crippen molar-refractivity contribution in [3.05, 3.63) is 53.3 Å². The van der Waals surface area contributed by atoms with Crippen LogP contribution < -0.4 is 15.2 Å². The molecule has 24 heavy (non-hydrogen) atoms. The molecule has 2 rings (SSSR count). The van der Waals surface area contributed by atoms with E-state index in [1.807, 2.05) is 6.92 Å². The summed E-state index contributed by atoms with van der Waals surface area (Å²) in [7, 11) is 0. The topological polar surface area (TPSA) is 53.7 Å². The molecule has 0 fully saturated rings. The lowest BCUT2D eigenvalue weighted by molar-refractivity contribution is 0.107. The molecule has 2 aromatic rings. The molecule has 0 bridgehead atoms. The van der Waals surface area contributed by atoms with Crippen molar-refractivity contribution in [2.24, 2.45) is 0 Å². The van der Waals surface area contributed by atoms with Gasteiger partial charge < -0.3 is 19.9 Å². The summed E-state index contributed by atoms with van der Waals surface area (Å²) >= 11 is 0. The van der Waals surface area contributed by atoms with Crippen molar-refractivity contribution in [2.45, 2.75) is 13.5 Å². The molecule has 2 N–H and O–H groups in total. The molecular weight excluding hydrogens is 323 g/mol. The number of benzene rings is 2. The molecule has 0 aliphatic heterocycles. The highest BCUT2D eigenvalue weighted by Gasteiger charge is 2.17. The Kier molecular flexibility index (Phi) is 6.31. The Morgan fingerprint density at radius 1 is 0.958 bits per heavy atom. The van der Waals surface area contributed by atoms with Gasteiger partial charge in [-0.1, -0.05) is 6.07 Å². The third-order valence-corrected chi connectivity index (χ3v) is 3.15. The Bertz CT molecular complexity index is 695. The molecule has 2 aromatic carbocycles. The molecule has 0 spiro atoms. The number of rotatable bonds is 8. The van der Waals surface area contributed by atoms with Gasteiger partial charge in [0.15, 0.2) is 11.6 Å². The Morgan fingerprint density at radius 2 is 1.71 bits per heavy atom. The van der Waals surface area contributed by atoms with Crippen LogP contribution in [0.1, 0.15) is 12.5 Å². The molecule has 7 heteroatoms. The predicted molar refractivity (Wildman–Crippen MR) is 83.5 cm³/mol. The lowest BCUT2D eigenvalue weighted by Crippen LogP contribution is -2.09. The second kappa shape index (κ2) is 8.44. The van der Waals surface area contributed by atoms with Gasteiger partial charge >= 0.3 is 0 Å². The standard InChI is InChI=1S/C17H18F3NO3/c1-2-22-7-8-23-15-6-5-13(19)16(20)17(15)24-10-11-3-4-12(18)14(21)9-11/h3-6,9H,2,7-8,10,21H2,1H3. The Morgan fingerprint density at radius 3 is 2.42 bits per heavy atom. The maximum absolute atomic E-state index is 14.0. The van der Waals surface area contributed by atoms with Crippen LogP contribution in [0, 0.1) is 17.5 Å². The van der Waals surface area contributed by atoms with Gasteiger partial charge in [-0.05, 0) is 36.8 Å². The minimum Gasteiger partial charge on any atom is -0.487 e. The van der Waals surface area contributed by atoms with Crippen LogP contribution in [0.25, 0.3) is 0 Å². The summed E-state index contributed by atoms with van der Waals surface area (Å²) in [5.74, 6) is -3.06. The number of anilines is 1. The van der Waals surface area contributed by atoms with Crippen molar-refractivity contribution in [3.8, 4) is 11.5 Å². The van der Waals surface area contributed by atoms with Gasteiger partial charge in [-0.15, -0.1) is 0 Å². The SMILES string of the molecule is CCOCCOc1ccc(F)c(F)c1OCc1ccc(F)c(N)c1. The average molecular weight is 341 g/mol. The summed E-state index contributed by atoms with van der Waals surface area (Å²) in [6, 6.07) is 6.21. The molecule has 4 nitrogen and oxygen atoms in total. The smallest absolute Gasteiger partial charge is 0.204 e. The van der Waals surface area contributed by atoms with E-state index < -0.39 is 17.5 Å². The highest BCUT2D eigenvalue weighted by molar-refractivity contribution is 5.44. The molecule has 0 saturated heterocycles. The molecule has 0 atom stereocenters. The molecule has 0 unspecified atom stereocenters. The molecule has 0 aliphatic carbocycles. The van der Waals surface area contributed by atoms with E-state index in [2.05, 4.69) is 0 Å². The molecule has 0 aromatic heterocycles. The van der Waals surface area contributed by atoms with E-state index in [1.54, 1.807) is 0 Å². The minimum absolute atomic E-state index is 0.0518. The van der Waals surface area contributed by atoms with Crippen LogP contribution in [0.3, 0.4) is 0 Å². The van der Waals surface area contributed by atoms with Crippen molar-refractivity contribution in [1.29, 1.82) is 0 Å². The fraction of sp³-hybridized carbons (Fsp3) is 0.294. The van der Waals surface area contributed by atoms with Gasteiger partial charge in [0.2, 0.25) is 11.6 Å². The predicted octanol–water partition coefficient (Wildman–Crippen LogP) is 3.68. The van der Waals surface area contributed by atoms with Gasteiger partial charge in [-0.25, -0.2) is 8.78 Å². The van der Waals surface area contributed by atoms with E-state index in [4.69, 9.17) is 19.9 Å². The van der Waals surface area contributed by atoms with Crippen molar-refractivity contribution < 1.29 is 27.4 Å². The molecular formula is C17H18F3NO3. The summed E-state index contributed by atoms with van der Waals surface area (Å²) in [5.41, 5.74) is 5.92. The van der Waals surface area contributed by atoms with Gasteiger partial charge in [0.05, 0.1) is 12.3 Å². The van der Waals surface area contributed by atoms with Crippen LogP contribution in [0.5, 0.6) is 11.5 Å². The Labute approximate surface area is 137 Å². The zero-order chi connectivity index (χ0) is 17.5. The fourth-order valence-corrected chi connectivity index (χ4v) is 1.96. The lowest BCUT2D eigenvalue weighted by Gasteiger charge is -2.14. The summed E-state index contributed by atoms with van der Waals surface area (Å²) in [6.45, 7) is 2.71. The van der Waals surface area contributed by atoms with Crippen LogP contribution in [-0.4, -0.2) is 19.8 Å². The Balaban J connectivity index is 2.11. The third kappa shape index (κ3) is 4.55. The first-order chi connectivity index (χ1) is 11.5. The zero-order valence-electron chi connectivity index (χ0n) is 13.2. The van der Waals surface area contributed by atoms with E-state index >= 15 is 0 Å². The summed E-state index contributed by atoms with van der Waals surface area (Å²) in [4.78, 5) is 0. The van der Waals surface area contributed by atoms with Crippen molar-refractivity contribution in [3.63, 3.8) is 0 Å². The monoisotopic (exact) mass is 341 g/mol. The molecule has 0 aliphatic rings. The van der Waals surface area contributed by atoms with Gasteiger partial charge in [-0.2, -0.15) is 4.39 Å². The van der Waals surface area contributed by atoms with E-state index in [0.717, 1.165) is 6.07 Å². The minimum atomic E-state index is -1.15. The molecule has 0 saturated carbocycles. The first-order valence-corrected chi connectivity index (χ1v) is 7.38. The quantitative estimate of drug-likeness (QED) is 0.588. The lowest BCUT2D eigenvalue weighted by atomic mass is 10.2. The number of hydrogen-bond acceptors (Lipinski definition) is 4.